The Morgan fingerprint density at radius 3 is 2.48 bits per heavy atom. The molecule has 4 nitrogen and oxygen atoms in total. The summed E-state index contributed by atoms with van der Waals surface area (Å²) in [7, 11) is -1.60. The normalized spacial score (nSPS) is 19.9. The Bertz CT molecular complexity index is 843. The predicted octanol–water partition coefficient (Wildman–Crippen LogP) is 3.74. The molecule has 0 N–H and O–H groups in total. The average molecular weight is 397 g/mol. The molecule has 134 valence electrons. The molecule has 0 amide bonds. The van der Waals surface area contributed by atoms with Crippen LogP contribution in [-0.2, 0) is 10.0 Å². The maximum Gasteiger partial charge on any atom is 0.243 e. The number of thioether (sulfide) groups is 1. The summed E-state index contributed by atoms with van der Waals surface area (Å²) in [6.07, 6.45) is 1.92. The van der Waals surface area contributed by atoms with Crippen LogP contribution in [0.5, 0.6) is 0 Å². The first kappa shape index (κ1) is 18.7. The molecule has 2 aromatic rings. The molecule has 1 aliphatic rings. The van der Waals surface area contributed by atoms with Gasteiger partial charge in [0.25, 0.3) is 0 Å². The van der Waals surface area contributed by atoms with Gasteiger partial charge in [0.05, 0.1) is 16.0 Å². The highest BCUT2D eigenvalue weighted by Gasteiger charge is 2.36. The lowest BCUT2D eigenvalue weighted by atomic mass is 10.1. The van der Waals surface area contributed by atoms with Crippen molar-refractivity contribution in [1.82, 2.24) is 9.21 Å². The molecule has 1 saturated heterocycles. The molecule has 1 unspecified atom stereocenters. The fourth-order valence-electron chi connectivity index (χ4n) is 3.08. The maximum absolute atomic E-state index is 13.3. The molecule has 0 aromatic heterocycles. The Kier molecular flexibility index (Phi) is 5.75. The molecule has 1 heterocycles. The van der Waals surface area contributed by atoms with Crippen molar-refractivity contribution < 1.29 is 8.42 Å². The number of rotatable bonds is 4. The molecule has 0 radical (unpaired) electrons. The molecule has 0 bridgehead atoms. The Morgan fingerprint density at radius 2 is 1.84 bits per heavy atom. The zero-order valence-corrected chi connectivity index (χ0v) is 16.6. The number of nitrogens with zero attached hydrogens (tertiary/aromatic N) is 2. The van der Waals surface area contributed by atoms with Crippen LogP contribution < -0.4 is 0 Å². The largest absolute Gasteiger partial charge is 0.303 e. The van der Waals surface area contributed by atoms with Gasteiger partial charge in [0.1, 0.15) is 0 Å². The molecule has 25 heavy (non-hydrogen) atoms. The van der Waals surface area contributed by atoms with Crippen LogP contribution in [0.25, 0.3) is 0 Å². The number of piperazine rings is 1. The fourth-order valence-corrected chi connectivity index (χ4v) is 5.64. The van der Waals surface area contributed by atoms with Crippen molar-refractivity contribution >= 4 is 33.4 Å². The second-order valence-corrected chi connectivity index (χ2v) is 9.25. The second-order valence-electron chi connectivity index (χ2n) is 6.10. The summed E-state index contributed by atoms with van der Waals surface area (Å²) in [5.74, 6) is 0. The Balaban J connectivity index is 2.00. The van der Waals surface area contributed by atoms with Crippen LogP contribution in [0.2, 0.25) is 5.02 Å². The lowest BCUT2D eigenvalue weighted by molar-refractivity contribution is 0.160. The van der Waals surface area contributed by atoms with E-state index in [4.69, 9.17) is 11.6 Å². The summed E-state index contributed by atoms with van der Waals surface area (Å²) < 4.78 is 28.1. The Morgan fingerprint density at radius 1 is 1.12 bits per heavy atom. The van der Waals surface area contributed by atoms with Crippen LogP contribution in [-0.4, -0.2) is 50.6 Å². The van der Waals surface area contributed by atoms with Gasteiger partial charge >= 0.3 is 0 Å². The third-order valence-corrected chi connectivity index (χ3v) is 7.57. The maximum atomic E-state index is 13.3. The van der Waals surface area contributed by atoms with E-state index in [1.165, 1.54) is 11.8 Å². The highest BCUT2D eigenvalue weighted by Crippen LogP contribution is 2.33. The standard InChI is InChI=1S/C18H21ClN2O2S2/c1-20-10-11-21(17(13-20)14-6-4-3-5-7-14)25(22,23)15-8-9-18(24-2)16(19)12-15/h3-9,12,17H,10-11,13H2,1-2H3. The second kappa shape index (κ2) is 7.68. The number of halogens is 1. The van der Waals surface area contributed by atoms with Gasteiger partial charge in [-0.25, -0.2) is 8.42 Å². The van der Waals surface area contributed by atoms with Crippen molar-refractivity contribution in [1.29, 1.82) is 0 Å². The predicted molar refractivity (Wildman–Crippen MR) is 104 cm³/mol. The molecule has 7 heteroatoms. The average Bonchev–Trinajstić information content (AvgIpc) is 2.62. The zero-order valence-electron chi connectivity index (χ0n) is 14.2. The van der Waals surface area contributed by atoms with Gasteiger partial charge in [0.2, 0.25) is 10.0 Å². The summed E-state index contributed by atoms with van der Waals surface area (Å²) >= 11 is 7.74. The molecule has 1 aliphatic heterocycles. The highest BCUT2D eigenvalue weighted by atomic mass is 35.5. The Hall–Kier alpha value is -1.05. The summed E-state index contributed by atoms with van der Waals surface area (Å²) in [6.45, 7) is 1.83. The van der Waals surface area contributed by atoms with Crippen LogP contribution >= 0.6 is 23.4 Å². The van der Waals surface area contributed by atoms with Crippen molar-refractivity contribution in [3.63, 3.8) is 0 Å². The first-order chi connectivity index (χ1) is 11.9. The number of hydrogen-bond acceptors (Lipinski definition) is 4. The first-order valence-corrected chi connectivity index (χ1v) is 11.1. The number of hydrogen-bond donors (Lipinski definition) is 0. The van der Waals surface area contributed by atoms with Gasteiger partial charge in [-0.15, -0.1) is 11.8 Å². The number of benzene rings is 2. The topological polar surface area (TPSA) is 40.6 Å². The van der Waals surface area contributed by atoms with Crippen LogP contribution in [0.15, 0.2) is 58.3 Å². The van der Waals surface area contributed by atoms with Gasteiger partial charge < -0.3 is 4.90 Å². The van der Waals surface area contributed by atoms with Gasteiger partial charge in [-0.3, -0.25) is 0 Å². The monoisotopic (exact) mass is 396 g/mol. The minimum absolute atomic E-state index is 0.205. The lowest BCUT2D eigenvalue weighted by Crippen LogP contribution is -2.49. The molecule has 0 spiro atoms. The van der Waals surface area contributed by atoms with Crippen LogP contribution in [0, 0.1) is 0 Å². The van der Waals surface area contributed by atoms with E-state index in [9.17, 15) is 8.42 Å². The smallest absolute Gasteiger partial charge is 0.243 e. The van der Waals surface area contributed by atoms with E-state index in [1.54, 1.807) is 22.5 Å². The quantitative estimate of drug-likeness (QED) is 0.738. The molecule has 0 aliphatic carbocycles. The highest BCUT2D eigenvalue weighted by molar-refractivity contribution is 7.98. The number of likely N-dealkylation sites (N-methyl/N-ethyl adjacent to an activating group) is 1. The van der Waals surface area contributed by atoms with Gasteiger partial charge in [-0.1, -0.05) is 41.9 Å². The Labute approximate surface area is 158 Å². The minimum Gasteiger partial charge on any atom is -0.303 e. The van der Waals surface area contributed by atoms with E-state index >= 15 is 0 Å². The molecule has 1 fully saturated rings. The zero-order chi connectivity index (χ0) is 18.0. The van der Waals surface area contributed by atoms with Gasteiger partial charge in [0, 0.05) is 24.5 Å². The third kappa shape index (κ3) is 3.88. The molecular formula is C18H21ClN2O2S2. The van der Waals surface area contributed by atoms with Crippen molar-refractivity contribution in [2.45, 2.75) is 15.8 Å². The lowest BCUT2D eigenvalue weighted by Gasteiger charge is -2.39. The van der Waals surface area contributed by atoms with Crippen molar-refractivity contribution in [2.75, 3.05) is 32.9 Å². The molecular weight excluding hydrogens is 376 g/mol. The van der Waals surface area contributed by atoms with E-state index in [1.807, 2.05) is 43.6 Å². The third-order valence-electron chi connectivity index (χ3n) is 4.45. The minimum atomic E-state index is -3.62. The SMILES string of the molecule is CSc1ccc(S(=O)(=O)N2CCN(C)CC2c2ccccc2)cc1Cl. The van der Waals surface area contributed by atoms with Gasteiger partial charge in [-0.05, 0) is 37.1 Å². The molecule has 3 rings (SSSR count). The van der Waals surface area contributed by atoms with Crippen molar-refractivity contribution in [3.05, 3.63) is 59.1 Å². The van der Waals surface area contributed by atoms with Crippen LogP contribution in [0.1, 0.15) is 11.6 Å². The summed E-state index contributed by atoms with van der Waals surface area (Å²) in [4.78, 5) is 3.28. The first-order valence-electron chi connectivity index (χ1n) is 8.02. The van der Waals surface area contributed by atoms with E-state index in [2.05, 4.69) is 4.90 Å². The van der Waals surface area contributed by atoms with E-state index in [-0.39, 0.29) is 10.9 Å². The summed E-state index contributed by atoms with van der Waals surface area (Å²) in [6, 6.07) is 14.6. The van der Waals surface area contributed by atoms with Gasteiger partial charge in [0.15, 0.2) is 0 Å². The van der Waals surface area contributed by atoms with E-state index < -0.39 is 10.0 Å². The number of sulfonamides is 1. The molecule has 0 saturated carbocycles. The van der Waals surface area contributed by atoms with Crippen molar-refractivity contribution in [2.24, 2.45) is 0 Å². The molecule has 1 atom stereocenters. The molecule has 2 aromatic carbocycles. The summed E-state index contributed by atoms with van der Waals surface area (Å²) in [5, 5.41) is 0.471. The van der Waals surface area contributed by atoms with Gasteiger partial charge in [-0.2, -0.15) is 4.31 Å². The van der Waals surface area contributed by atoms with Crippen molar-refractivity contribution in [3.8, 4) is 0 Å². The van der Waals surface area contributed by atoms with E-state index in [0.717, 1.165) is 10.5 Å². The van der Waals surface area contributed by atoms with Crippen LogP contribution in [0.3, 0.4) is 0 Å². The van der Waals surface area contributed by atoms with Crippen LogP contribution in [0.4, 0.5) is 0 Å². The summed E-state index contributed by atoms with van der Waals surface area (Å²) in [5.41, 5.74) is 1.00. The van der Waals surface area contributed by atoms with E-state index in [0.29, 0.717) is 24.7 Å². The fraction of sp³-hybridized carbons (Fsp3) is 0.333.